The van der Waals surface area contributed by atoms with Crippen molar-refractivity contribution in [3.8, 4) is 16.9 Å². The van der Waals surface area contributed by atoms with E-state index in [-0.39, 0.29) is 0 Å². The Morgan fingerprint density at radius 2 is 1.50 bits per heavy atom. The molecule has 110 valence electrons. The first-order valence-corrected chi connectivity index (χ1v) is 7.32. The van der Waals surface area contributed by atoms with E-state index in [1.807, 2.05) is 24.3 Å². The minimum atomic E-state index is 0.863. The molecule has 0 aliphatic rings. The molecule has 2 heteroatoms. The summed E-state index contributed by atoms with van der Waals surface area (Å²) in [5.41, 5.74) is 4.70. The van der Waals surface area contributed by atoms with Crippen molar-refractivity contribution in [3.05, 3.63) is 78.9 Å². The van der Waals surface area contributed by atoms with Gasteiger partial charge in [-0.25, -0.2) is 0 Å². The summed E-state index contributed by atoms with van der Waals surface area (Å²) in [5, 5.41) is 0. The van der Waals surface area contributed by atoms with Crippen LogP contribution in [0.2, 0.25) is 0 Å². The summed E-state index contributed by atoms with van der Waals surface area (Å²) in [6.45, 7) is 0. The van der Waals surface area contributed by atoms with Gasteiger partial charge in [-0.3, -0.25) is 0 Å². The van der Waals surface area contributed by atoms with Gasteiger partial charge in [-0.2, -0.15) is 0 Å². The van der Waals surface area contributed by atoms with Gasteiger partial charge in [-0.15, -0.1) is 0 Å². The van der Waals surface area contributed by atoms with Crippen LogP contribution in [0.3, 0.4) is 0 Å². The quantitative estimate of drug-likeness (QED) is 0.660. The van der Waals surface area contributed by atoms with Crippen LogP contribution in [-0.2, 0) is 0 Å². The fourth-order valence-corrected chi connectivity index (χ4v) is 2.59. The standard InChI is InChI=1S/C20H19NO/c1-21(17-11-8-12-18(15-17)22-2)20-14-7-6-13-19(20)16-9-4-3-5-10-16/h3-15H,1-2H3. The number of hydrogen-bond donors (Lipinski definition) is 0. The van der Waals surface area contributed by atoms with E-state index in [0.717, 1.165) is 11.4 Å². The summed E-state index contributed by atoms with van der Waals surface area (Å²) in [6.07, 6.45) is 0. The van der Waals surface area contributed by atoms with Crippen molar-refractivity contribution in [3.63, 3.8) is 0 Å². The minimum Gasteiger partial charge on any atom is -0.497 e. The average molecular weight is 289 g/mol. The molecule has 0 N–H and O–H groups in total. The van der Waals surface area contributed by atoms with E-state index in [0.29, 0.717) is 0 Å². The smallest absolute Gasteiger partial charge is 0.120 e. The van der Waals surface area contributed by atoms with Crippen molar-refractivity contribution in [2.75, 3.05) is 19.1 Å². The number of para-hydroxylation sites is 1. The van der Waals surface area contributed by atoms with Crippen LogP contribution in [0.4, 0.5) is 11.4 Å². The minimum absolute atomic E-state index is 0.863. The van der Waals surface area contributed by atoms with E-state index in [2.05, 4.69) is 66.5 Å². The molecule has 0 aliphatic heterocycles. The zero-order valence-corrected chi connectivity index (χ0v) is 12.9. The predicted octanol–water partition coefficient (Wildman–Crippen LogP) is 5.13. The van der Waals surface area contributed by atoms with Crippen LogP contribution in [0.15, 0.2) is 78.9 Å². The van der Waals surface area contributed by atoms with Gasteiger partial charge in [0.1, 0.15) is 5.75 Å². The highest BCUT2D eigenvalue weighted by molar-refractivity contribution is 5.82. The second-order valence-corrected chi connectivity index (χ2v) is 5.14. The van der Waals surface area contributed by atoms with Gasteiger partial charge in [-0.1, -0.05) is 54.6 Å². The average Bonchev–Trinajstić information content (AvgIpc) is 2.62. The maximum atomic E-state index is 5.33. The molecule has 3 aromatic carbocycles. The zero-order valence-electron chi connectivity index (χ0n) is 12.9. The normalized spacial score (nSPS) is 10.3. The molecule has 0 unspecified atom stereocenters. The Kier molecular flexibility index (Phi) is 4.10. The molecule has 0 atom stereocenters. The lowest BCUT2D eigenvalue weighted by Crippen LogP contribution is -2.10. The molecule has 0 radical (unpaired) electrons. The molecule has 22 heavy (non-hydrogen) atoms. The van der Waals surface area contributed by atoms with E-state index < -0.39 is 0 Å². The summed E-state index contributed by atoms with van der Waals surface area (Å²) in [6, 6.07) is 27.0. The van der Waals surface area contributed by atoms with Gasteiger partial charge in [0.05, 0.1) is 7.11 Å². The van der Waals surface area contributed by atoms with Crippen molar-refractivity contribution in [2.45, 2.75) is 0 Å². The Balaban J connectivity index is 2.04. The number of anilines is 2. The van der Waals surface area contributed by atoms with Gasteiger partial charge in [0.2, 0.25) is 0 Å². The number of hydrogen-bond acceptors (Lipinski definition) is 2. The maximum Gasteiger partial charge on any atom is 0.120 e. The molecule has 3 aromatic rings. The Hall–Kier alpha value is -2.74. The van der Waals surface area contributed by atoms with E-state index in [9.17, 15) is 0 Å². The molecule has 3 rings (SSSR count). The van der Waals surface area contributed by atoms with Gasteiger partial charge in [0.25, 0.3) is 0 Å². The van der Waals surface area contributed by atoms with E-state index >= 15 is 0 Å². The molecular formula is C20H19NO. The number of ether oxygens (including phenoxy) is 1. The van der Waals surface area contributed by atoms with Gasteiger partial charge >= 0.3 is 0 Å². The van der Waals surface area contributed by atoms with Crippen molar-refractivity contribution in [1.29, 1.82) is 0 Å². The summed E-state index contributed by atoms with van der Waals surface area (Å²) < 4.78 is 5.33. The van der Waals surface area contributed by atoms with Crippen molar-refractivity contribution < 1.29 is 4.74 Å². The molecule has 0 saturated carbocycles. The number of rotatable bonds is 4. The zero-order chi connectivity index (χ0) is 15.4. The topological polar surface area (TPSA) is 12.5 Å². The van der Waals surface area contributed by atoms with Crippen LogP contribution < -0.4 is 9.64 Å². The first-order chi connectivity index (χ1) is 10.8. The Bertz CT molecular complexity index is 752. The Morgan fingerprint density at radius 3 is 2.27 bits per heavy atom. The van der Waals surface area contributed by atoms with Crippen LogP contribution in [0.1, 0.15) is 0 Å². The molecule has 0 aromatic heterocycles. The molecule has 0 bridgehead atoms. The van der Waals surface area contributed by atoms with Crippen LogP contribution in [-0.4, -0.2) is 14.2 Å². The fraction of sp³-hybridized carbons (Fsp3) is 0.100. The Labute approximate surface area is 131 Å². The monoisotopic (exact) mass is 289 g/mol. The lowest BCUT2D eigenvalue weighted by atomic mass is 10.0. The fourth-order valence-electron chi connectivity index (χ4n) is 2.59. The molecule has 0 amide bonds. The highest BCUT2D eigenvalue weighted by atomic mass is 16.5. The van der Waals surface area contributed by atoms with Crippen molar-refractivity contribution in [2.24, 2.45) is 0 Å². The van der Waals surface area contributed by atoms with Crippen molar-refractivity contribution >= 4 is 11.4 Å². The lowest BCUT2D eigenvalue weighted by molar-refractivity contribution is 0.415. The van der Waals surface area contributed by atoms with Gasteiger partial charge < -0.3 is 9.64 Å². The SMILES string of the molecule is COc1cccc(N(C)c2ccccc2-c2ccccc2)c1. The van der Waals surface area contributed by atoms with Crippen LogP contribution in [0.5, 0.6) is 5.75 Å². The van der Waals surface area contributed by atoms with Crippen LogP contribution in [0, 0.1) is 0 Å². The molecular weight excluding hydrogens is 270 g/mol. The largest absolute Gasteiger partial charge is 0.497 e. The second-order valence-electron chi connectivity index (χ2n) is 5.14. The molecule has 0 heterocycles. The molecule has 0 spiro atoms. The summed E-state index contributed by atoms with van der Waals surface area (Å²) in [7, 11) is 3.77. The third-order valence-corrected chi connectivity index (χ3v) is 3.79. The predicted molar refractivity (Wildman–Crippen MR) is 92.9 cm³/mol. The second kappa shape index (κ2) is 6.35. The summed E-state index contributed by atoms with van der Waals surface area (Å²) in [4.78, 5) is 2.19. The molecule has 0 saturated heterocycles. The van der Waals surface area contributed by atoms with Gasteiger partial charge in [-0.05, 0) is 23.8 Å². The maximum absolute atomic E-state index is 5.33. The van der Waals surface area contributed by atoms with Gasteiger partial charge in [0.15, 0.2) is 0 Å². The number of nitrogens with zero attached hydrogens (tertiary/aromatic N) is 1. The van der Waals surface area contributed by atoms with E-state index in [1.165, 1.54) is 16.8 Å². The van der Waals surface area contributed by atoms with Crippen LogP contribution >= 0.6 is 0 Å². The first kappa shape index (κ1) is 14.2. The summed E-state index contributed by atoms with van der Waals surface area (Å²) in [5.74, 6) is 0.863. The third kappa shape index (κ3) is 2.82. The third-order valence-electron chi connectivity index (χ3n) is 3.79. The molecule has 0 aliphatic carbocycles. The highest BCUT2D eigenvalue weighted by Gasteiger charge is 2.10. The summed E-state index contributed by atoms with van der Waals surface area (Å²) >= 11 is 0. The number of benzene rings is 3. The van der Waals surface area contributed by atoms with E-state index in [4.69, 9.17) is 4.74 Å². The lowest BCUT2D eigenvalue weighted by Gasteiger charge is -2.23. The molecule has 0 fully saturated rings. The van der Waals surface area contributed by atoms with Gasteiger partial charge in [0, 0.05) is 30.1 Å². The highest BCUT2D eigenvalue weighted by Crippen LogP contribution is 2.34. The van der Waals surface area contributed by atoms with E-state index in [1.54, 1.807) is 7.11 Å². The van der Waals surface area contributed by atoms with Crippen LogP contribution in [0.25, 0.3) is 11.1 Å². The first-order valence-electron chi connectivity index (χ1n) is 7.32. The Morgan fingerprint density at radius 1 is 0.773 bits per heavy atom. The molecule has 2 nitrogen and oxygen atoms in total. The number of methoxy groups -OCH3 is 1. The van der Waals surface area contributed by atoms with Crippen molar-refractivity contribution in [1.82, 2.24) is 0 Å².